The summed E-state index contributed by atoms with van der Waals surface area (Å²) >= 11 is 4.02. The Kier molecular flexibility index (Phi) is 5.48. The Balaban J connectivity index is 1.84. The third kappa shape index (κ3) is 4.18. The number of methoxy groups -OCH3 is 1. The molecule has 3 rings (SSSR count). The van der Waals surface area contributed by atoms with E-state index in [1.165, 1.54) is 6.08 Å². The largest absolute Gasteiger partial charge is 0.493 e. The van der Waals surface area contributed by atoms with Crippen LogP contribution in [0.4, 0.5) is 0 Å². The van der Waals surface area contributed by atoms with E-state index in [9.17, 15) is 9.59 Å². The van der Waals surface area contributed by atoms with E-state index in [2.05, 4.69) is 23.3 Å². The molecule has 0 radical (unpaired) electrons. The molecule has 0 atom stereocenters. The van der Waals surface area contributed by atoms with Gasteiger partial charge in [-0.15, -0.1) is 12.6 Å². The second-order valence-electron chi connectivity index (χ2n) is 5.59. The van der Waals surface area contributed by atoms with Crippen LogP contribution in [0, 0.1) is 0 Å². The van der Waals surface area contributed by atoms with Crippen LogP contribution >= 0.6 is 12.6 Å². The lowest BCUT2D eigenvalue weighted by atomic mass is 10.1. The number of carbonyl (C=O) groups excluding carboxylic acids is 2. The van der Waals surface area contributed by atoms with Gasteiger partial charge in [-0.1, -0.05) is 36.4 Å². The van der Waals surface area contributed by atoms with Crippen molar-refractivity contribution in [2.45, 2.75) is 12.1 Å². The summed E-state index contributed by atoms with van der Waals surface area (Å²) in [6.45, 7) is 0.375. The van der Waals surface area contributed by atoms with E-state index in [1.807, 2.05) is 30.3 Å². The smallest absolute Gasteiger partial charge is 0.259 e. The first-order chi connectivity index (χ1) is 12.6. The maximum atomic E-state index is 12.0. The Morgan fingerprint density at radius 2 is 1.73 bits per heavy atom. The molecule has 7 heteroatoms. The third-order valence-electron chi connectivity index (χ3n) is 3.76. The van der Waals surface area contributed by atoms with Crippen molar-refractivity contribution in [3.63, 3.8) is 0 Å². The molecule has 0 unspecified atom stereocenters. The molecule has 1 aliphatic heterocycles. The summed E-state index contributed by atoms with van der Waals surface area (Å²) in [6, 6.07) is 14.9. The third-order valence-corrected chi connectivity index (χ3v) is 4.02. The number of hydrogen-bond donors (Lipinski definition) is 3. The minimum atomic E-state index is -0.687. The molecule has 1 heterocycles. The van der Waals surface area contributed by atoms with Gasteiger partial charge in [-0.25, -0.2) is 0 Å². The van der Waals surface area contributed by atoms with Gasteiger partial charge in [-0.3, -0.25) is 9.59 Å². The van der Waals surface area contributed by atoms with Gasteiger partial charge in [0.2, 0.25) is 0 Å². The molecular weight excluding hydrogens is 352 g/mol. The van der Waals surface area contributed by atoms with Crippen molar-refractivity contribution in [3.8, 4) is 11.5 Å². The van der Waals surface area contributed by atoms with Gasteiger partial charge in [-0.05, 0) is 29.3 Å². The van der Waals surface area contributed by atoms with Gasteiger partial charge < -0.3 is 20.1 Å². The fraction of sp³-hybridized carbons (Fsp3) is 0.158. The number of thiol groups is 1. The number of carbonyl (C=O) groups is 2. The van der Waals surface area contributed by atoms with E-state index in [1.54, 1.807) is 25.3 Å². The molecule has 2 N–H and O–H groups in total. The summed E-state index contributed by atoms with van der Waals surface area (Å²) in [5.74, 6) is 0.137. The minimum absolute atomic E-state index is 0.00877. The highest BCUT2D eigenvalue weighted by atomic mass is 32.1. The van der Waals surface area contributed by atoms with E-state index in [0.29, 0.717) is 23.7 Å². The maximum Gasteiger partial charge on any atom is 0.259 e. The average Bonchev–Trinajstić information content (AvgIpc) is 2.64. The highest BCUT2D eigenvalue weighted by Gasteiger charge is 2.27. The molecule has 1 saturated heterocycles. The van der Waals surface area contributed by atoms with Gasteiger partial charge >= 0.3 is 0 Å². The molecule has 0 aliphatic carbocycles. The summed E-state index contributed by atoms with van der Waals surface area (Å²) in [7, 11) is 1.55. The number of hydrogen-bond acceptors (Lipinski definition) is 5. The zero-order valence-corrected chi connectivity index (χ0v) is 15.0. The molecule has 0 aromatic heterocycles. The van der Waals surface area contributed by atoms with E-state index in [0.717, 1.165) is 5.56 Å². The van der Waals surface area contributed by atoms with Crippen molar-refractivity contribution in [2.75, 3.05) is 7.11 Å². The molecule has 26 heavy (non-hydrogen) atoms. The van der Waals surface area contributed by atoms with Crippen LogP contribution in [-0.2, 0) is 16.2 Å². The van der Waals surface area contributed by atoms with Crippen molar-refractivity contribution in [3.05, 3.63) is 65.2 Å². The topological polar surface area (TPSA) is 76.7 Å². The fourth-order valence-corrected chi connectivity index (χ4v) is 2.71. The van der Waals surface area contributed by atoms with Crippen molar-refractivity contribution in [1.29, 1.82) is 0 Å². The monoisotopic (exact) mass is 370 g/mol. The second-order valence-corrected chi connectivity index (χ2v) is 6.11. The lowest BCUT2D eigenvalue weighted by molar-refractivity contribution is -0.126. The first-order valence-corrected chi connectivity index (χ1v) is 8.44. The lowest BCUT2D eigenvalue weighted by Gasteiger charge is -2.22. The van der Waals surface area contributed by atoms with E-state index in [4.69, 9.17) is 9.47 Å². The van der Waals surface area contributed by atoms with Gasteiger partial charge in [0.25, 0.3) is 11.8 Å². The first kappa shape index (κ1) is 17.9. The summed E-state index contributed by atoms with van der Waals surface area (Å²) in [5, 5.41) is 5.07. The van der Waals surface area contributed by atoms with Crippen molar-refractivity contribution in [2.24, 2.45) is 0 Å². The molecule has 6 nitrogen and oxygen atoms in total. The predicted octanol–water partition coefficient (Wildman–Crippen LogP) is 2.12. The van der Waals surface area contributed by atoms with Crippen LogP contribution in [0.25, 0.3) is 6.08 Å². The van der Waals surface area contributed by atoms with Gasteiger partial charge in [-0.2, -0.15) is 0 Å². The first-order valence-electron chi connectivity index (χ1n) is 7.93. The average molecular weight is 370 g/mol. The van der Waals surface area contributed by atoms with Crippen molar-refractivity contribution >= 4 is 30.5 Å². The number of benzene rings is 2. The molecule has 0 spiro atoms. The normalized spacial score (nSPS) is 16.5. The molecular formula is C19H18N2O4S. The zero-order valence-electron chi connectivity index (χ0n) is 14.1. The number of amides is 2. The van der Waals surface area contributed by atoms with Gasteiger partial charge in [0.05, 0.1) is 7.11 Å². The highest BCUT2D eigenvalue weighted by molar-refractivity contribution is 7.80. The summed E-state index contributed by atoms with van der Waals surface area (Å²) in [5.41, 5.74) is 0.984. The van der Waals surface area contributed by atoms with Gasteiger partial charge in [0.15, 0.2) is 11.5 Å². The summed E-state index contributed by atoms with van der Waals surface area (Å²) in [6.07, 6.45) is 1.50. The Morgan fingerprint density at radius 3 is 2.38 bits per heavy atom. The van der Waals surface area contributed by atoms with Crippen LogP contribution in [0.1, 0.15) is 11.1 Å². The second kappa shape index (κ2) is 7.97. The molecule has 2 amide bonds. The summed E-state index contributed by atoms with van der Waals surface area (Å²) in [4.78, 5) is 24.0. The van der Waals surface area contributed by atoms with E-state index < -0.39 is 17.3 Å². The minimum Gasteiger partial charge on any atom is -0.493 e. The fourth-order valence-electron chi connectivity index (χ4n) is 2.47. The van der Waals surface area contributed by atoms with Crippen LogP contribution in [0.3, 0.4) is 0 Å². The molecule has 1 aliphatic rings. The Bertz CT molecular complexity index is 832. The number of ether oxygens (including phenoxy) is 2. The van der Waals surface area contributed by atoms with Crippen molar-refractivity contribution in [1.82, 2.24) is 10.6 Å². The van der Waals surface area contributed by atoms with Crippen molar-refractivity contribution < 1.29 is 19.1 Å². The van der Waals surface area contributed by atoms with E-state index >= 15 is 0 Å². The Labute approximate surface area is 156 Å². The standard InChI is InChI=1S/C19H18N2O4S/c1-24-15-8-7-13(9-14-17(22)20-19(26)21-18(14)23)10-16(15)25-11-12-5-3-2-4-6-12/h2-10,19,26H,11H2,1H3,(H,20,22)(H,21,23). The Hall–Kier alpha value is -2.93. The van der Waals surface area contributed by atoms with Crippen LogP contribution < -0.4 is 20.1 Å². The molecule has 0 bridgehead atoms. The molecule has 1 fully saturated rings. The molecule has 2 aromatic rings. The number of rotatable bonds is 5. The lowest BCUT2D eigenvalue weighted by Crippen LogP contribution is -2.52. The highest BCUT2D eigenvalue weighted by Crippen LogP contribution is 2.30. The zero-order chi connectivity index (χ0) is 18.5. The van der Waals surface area contributed by atoms with Crippen LogP contribution in [0.15, 0.2) is 54.1 Å². The molecule has 134 valence electrons. The molecule has 0 saturated carbocycles. The Morgan fingerprint density at radius 1 is 1.04 bits per heavy atom. The quantitative estimate of drug-likeness (QED) is 0.428. The van der Waals surface area contributed by atoms with Crippen LogP contribution in [-0.4, -0.2) is 24.4 Å². The van der Waals surface area contributed by atoms with Crippen LogP contribution in [0.5, 0.6) is 11.5 Å². The SMILES string of the molecule is COc1ccc(C=C2C(=O)NC(S)NC2=O)cc1OCc1ccccc1. The maximum absolute atomic E-state index is 12.0. The van der Waals surface area contributed by atoms with Gasteiger partial charge in [0.1, 0.15) is 17.7 Å². The van der Waals surface area contributed by atoms with Gasteiger partial charge in [0, 0.05) is 0 Å². The number of nitrogens with one attached hydrogen (secondary N) is 2. The molecule has 2 aromatic carbocycles. The van der Waals surface area contributed by atoms with Crippen LogP contribution in [0.2, 0.25) is 0 Å². The van der Waals surface area contributed by atoms with E-state index in [-0.39, 0.29) is 5.57 Å². The summed E-state index contributed by atoms with van der Waals surface area (Å²) < 4.78 is 11.2. The predicted molar refractivity (Wildman–Crippen MR) is 101 cm³/mol.